The van der Waals surface area contributed by atoms with Gasteiger partial charge in [0.2, 0.25) is 0 Å². The van der Waals surface area contributed by atoms with Gasteiger partial charge < -0.3 is 4.74 Å². The van der Waals surface area contributed by atoms with E-state index >= 15 is 0 Å². The number of nitrogens with two attached hydrogens (primary N) is 1. The minimum atomic E-state index is 0.218. The molecule has 0 radical (unpaired) electrons. The van der Waals surface area contributed by atoms with Gasteiger partial charge in [-0.15, -0.1) is 0 Å². The summed E-state index contributed by atoms with van der Waals surface area (Å²) in [6.07, 6.45) is 0.218. The molecule has 0 spiro atoms. The lowest BCUT2D eigenvalue weighted by Crippen LogP contribution is -2.34. The number of ether oxygens (including phenoxy) is 1. The standard InChI is InChI=1S/C12H21N3O/c1-10(2)16-12-6-4-11(5-7-12)8-15(3)9-14-13/h4-7,10,14H,8-9,13H2,1-3H3. The normalized spacial score (nSPS) is 11.1. The summed E-state index contributed by atoms with van der Waals surface area (Å²) in [5.41, 5.74) is 3.87. The van der Waals surface area contributed by atoms with Crippen molar-refractivity contribution in [1.29, 1.82) is 0 Å². The quantitative estimate of drug-likeness (QED) is 0.434. The minimum absolute atomic E-state index is 0.218. The van der Waals surface area contributed by atoms with E-state index in [0.717, 1.165) is 12.3 Å². The molecule has 4 nitrogen and oxygen atoms in total. The van der Waals surface area contributed by atoms with E-state index in [1.807, 2.05) is 33.0 Å². The second kappa shape index (κ2) is 6.48. The summed E-state index contributed by atoms with van der Waals surface area (Å²) in [5, 5.41) is 0. The summed E-state index contributed by atoms with van der Waals surface area (Å²) in [5.74, 6) is 6.17. The Morgan fingerprint density at radius 2 is 1.94 bits per heavy atom. The molecule has 1 aromatic rings. The molecule has 90 valence electrons. The molecule has 0 bridgehead atoms. The van der Waals surface area contributed by atoms with Crippen LogP contribution >= 0.6 is 0 Å². The fourth-order valence-electron chi connectivity index (χ4n) is 1.47. The van der Waals surface area contributed by atoms with Crippen LogP contribution < -0.4 is 16.0 Å². The number of nitrogens with one attached hydrogen (secondary N) is 1. The molecular weight excluding hydrogens is 202 g/mol. The molecular formula is C12H21N3O. The molecule has 16 heavy (non-hydrogen) atoms. The van der Waals surface area contributed by atoms with Crippen molar-refractivity contribution in [2.24, 2.45) is 5.84 Å². The lowest BCUT2D eigenvalue weighted by atomic mass is 10.2. The van der Waals surface area contributed by atoms with Gasteiger partial charge in [-0.2, -0.15) is 0 Å². The van der Waals surface area contributed by atoms with Crippen molar-refractivity contribution >= 4 is 0 Å². The predicted molar refractivity (Wildman–Crippen MR) is 65.9 cm³/mol. The Morgan fingerprint density at radius 1 is 1.31 bits per heavy atom. The Bertz CT molecular complexity index is 298. The van der Waals surface area contributed by atoms with Gasteiger partial charge in [-0.3, -0.25) is 10.7 Å². The molecule has 0 saturated heterocycles. The molecule has 3 N–H and O–H groups in total. The van der Waals surface area contributed by atoms with Crippen LogP contribution in [0.5, 0.6) is 5.75 Å². The molecule has 0 atom stereocenters. The van der Waals surface area contributed by atoms with Crippen LogP contribution in [0.25, 0.3) is 0 Å². The van der Waals surface area contributed by atoms with E-state index < -0.39 is 0 Å². The highest BCUT2D eigenvalue weighted by Crippen LogP contribution is 2.14. The van der Waals surface area contributed by atoms with Gasteiger partial charge in [0.1, 0.15) is 5.75 Å². The van der Waals surface area contributed by atoms with Crippen LogP contribution in [0.4, 0.5) is 0 Å². The summed E-state index contributed by atoms with van der Waals surface area (Å²) in [6.45, 7) is 5.58. The molecule has 0 heterocycles. The lowest BCUT2D eigenvalue weighted by Gasteiger charge is -2.16. The van der Waals surface area contributed by atoms with Crippen LogP contribution in [-0.4, -0.2) is 24.7 Å². The Hall–Kier alpha value is -1.10. The van der Waals surface area contributed by atoms with Crippen molar-refractivity contribution in [2.75, 3.05) is 13.7 Å². The third-order valence-electron chi connectivity index (χ3n) is 2.11. The highest BCUT2D eigenvalue weighted by Gasteiger charge is 2.00. The largest absolute Gasteiger partial charge is 0.491 e. The monoisotopic (exact) mass is 223 g/mol. The molecule has 1 rings (SSSR count). The Labute approximate surface area is 97.4 Å². The summed E-state index contributed by atoms with van der Waals surface area (Å²) >= 11 is 0. The van der Waals surface area contributed by atoms with E-state index in [-0.39, 0.29) is 6.10 Å². The number of hydrazine groups is 1. The van der Waals surface area contributed by atoms with Crippen molar-refractivity contribution in [2.45, 2.75) is 26.5 Å². The van der Waals surface area contributed by atoms with E-state index in [0.29, 0.717) is 6.67 Å². The Kier molecular flexibility index (Phi) is 5.25. The molecule has 0 saturated carbocycles. The maximum absolute atomic E-state index is 5.58. The fraction of sp³-hybridized carbons (Fsp3) is 0.500. The van der Waals surface area contributed by atoms with Gasteiger partial charge in [0, 0.05) is 6.54 Å². The van der Waals surface area contributed by atoms with Crippen LogP contribution in [0.2, 0.25) is 0 Å². The van der Waals surface area contributed by atoms with Crippen molar-refractivity contribution in [3.8, 4) is 5.75 Å². The van der Waals surface area contributed by atoms with Gasteiger partial charge in [-0.05, 0) is 38.6 Å². The van der Waals surface area contributed by atoms with Crippen LogP contribution in [-0.2, 0) is 6.54 Å². The van der Waals surface area contributed by atoms with Gasteiger partial charge >= 0.3 is 0 Å². The molecule has 0 fully saturated rings. The molecule has 4 heteroatoms. The number of hydrogen-bond acceptors (Lipinski definition) is 4. The van der Waals surface area contributed by atoms with Gasteiger partial charge in [0.15, 0.2) is 0 Å². The van der Waals surface area contributed by atoms with Crippen LogP contribution in [0.1, 0.15) is 19.4 Å². The molecule has 0 unspecified atom stereocenters. The zero-order valence-electron chi connectivity index (χ0n) is 10.2. The smallest absolute Gasteiger partial charge is 0.119 e. The molecule has 0 aromatic heterocycles. The third kappa shape index (κ3) is 4.61. The summed E-state index contributed by atoms with van der Waals surface area (Å²) in [7, 11) is 2.01. The van der Waals surface area contributed by atoms with E-state index in [1.54, 1.807) is 0 Å². The van der Waals surface area contributed by atoms with Crippen molar-refractivity contribution in [1.82, 2.24) is 10.3 Å². The number of hydrogen-bond donors (Lipinski definition) is 2. The zero-order valence-corrected chi connectivity index (χ0v) is 10.2. The predicted octanol–water partition coefficient (Wildman–Crippen LogP) is 1.33. The Morgan fingerprint density at radius 3 is 2.44 bits per heavy atom. The van der Waals surface area contributed by atoms with E-state index in [9.17, 15) is 0 Å². The SMILES string of the molecule is CC(C)Oc1ccc(CN(C)CNN)cc1. The van der Waals surface area contributed by atoms with Crippen LogP contribution in [0, 0.1) is 0 Å². The topological polar surface area (TPSA) is 50.5 Å². The highest BCUT2D eigenvalue weighted by atomic mass is 16.5. The Balaban J connectivity index is 2.50. The van der Waals surface area contributed by atoms with E-state index in [1.165, 1.54) is 5.56 Å². The average molecular weight is 223 g/mol. The molecule has 0 aliphatic carbocycles. The van der Waals surface area contributed by atoms with Crippen LogP contribution in [0.3, 0.4) is 0 Å². The zero-order chi connectivity index (χ0) is 12.0. The summed E-state index contributed by atoms with van der Waals surface area (Å²) in [4.78, 5) is 2.10. The van der Waals surface area contributed by atoms with Crippen molar-refractivity contribution in [3.63, 3.8) is 0 Å². The first-order chi connectivity index (χ1) is 7.61. The van der Waals surface area contributed by atoms with Gasteiger partial charge in [0.05, 0.1) is 12.8 Å². The number of nitrogens with zero attached hydrogens (tertiary/aromatic N) is 1. The first kappa shape index (κ1) is 13.0. The molecule has 0 amide bonds. The third-order valence-corrected chi connectivity index (χ3v) is 2.11. The summed E-state index contributed by atoms with van der Waals surface area (Å²) < 4.78 is 5.58. The number of rotatable bonds is 6. The highest BCUT2D eigenvalue weighted by molar-refractivity contribution is 5.27. The van der Waals surface area contributed by atoms with Crippen molar-refractivity contribution < 1.29 is 4.74 Å². The maximum atomic E-state index is 5.58. The maximum Gasteiger partial charge on any atom is 0.119 e. The fourth-order valence-corrected chi connectivity index (χ4v) is 1.47. The molecule has 1 aromatic carbocycles. The van der Waals surface area contributed by atoms with E-state index in [4.69, 9.17) is 10.6 Å². The first-order valence-corrected chi connectivity index (χ1v) is 5.49. The van der Waals surface area contributed by atoms with Crippen LogP contribution in [0.15, 0.2) is 24.3 Å². The second-order valence-corrected chi connectivity index (χ2v) is 4.19. The van der Waals surface area contributed by atoms with Gasteiger partial charge in [0.25, 0.3) is 0 Å². The summed E-state index contributed by atoms with van der Waals surface area (Å²) in [6, 6.07) is 8.15. The van der Waals surface area contributed by atoms with Crippen molar-refractivity contribution in [3.05, 3.63) is 29.8 Å². The number of benzene rings is 1. The first-order valence-electron chi connectivity index (χ1n) is 5.49. The van der Waals surface area contributed by atoms with E-state index in [2.05, 4.69) is 22.5 Å². The van der Waals surface area contributed by atoms with Gasteiger partial charge in [-0.25, -0.2) is 5.43 Å². The average Bonchev–Trinajstić information content (AvgIpc) is 2.20. The van der Waals surface area contributed by atoms with Gasteiger partial charge in [-0.1, -0.05) is 12.1 Å². The second-order valence-electron chi connectivity index (χ2n) is 4.19. The minimum Gasteiger partial charge on any atom is -0.491 e. The molecule has 0 aliphatic rings. The lowest BCUT2D eigenvalue weighted by molar-refractivity contribution is 0.242. The molecule has 0 aliphatic heterocycles.